The minimum Gasteiger partial charge on any atom is -0.497 e. The van der Waals surface area contributed by atoms with Gasteiger partial charge >= 0.3 is 6.03 Å². The van der Waals surface area contributed by atoms with Crippen LogP contribution in [0, 0.1) is 0 Å². The molecule has 2 aromatic heterocycles. The van der Waals surface area contributed by atoms with Gasteiger partial charge in [-0.3, -0.25) is 0 Å². The summed E-state index contributed by atoms with van der Waals surface area (Å²) in [5.41, 5.74) is 5.25. The maximum Gasteiger partial charge on any atom is 0.323 e. The molecule has 0 fully saturated rings. The minimum atomic E-state index is -0.309. The fourth-order valence-corrected chi connectivity index (χ4v) is 7.02. The van der Waals surface area contributed by atoms with E-state index in [2.05, 4.69) is 40.2 Å². The number of carbonyl (C=O) groups is 1. The lowest BCUT2D eigenvalue weighted by Gasteiger charge is -2.32. The van der Waals surface area contributed by atoms with Crippen molar-refractivity contribution in [2.24, 2.45) is 0 Å². The van der Waals surface area contributed by atoms with Crippen molar-refractivity contribution in [2.45, 2.75) is 25.6 Å². The summed E-state index contributed by atoms with van der Waals surface area (Å²) in [5.74, 6) is 1.98. The molecule has 0 saturated carbocycles. The summed E-state index contributed by atoms with van der Waals surface area (Å²) in [7, 11) is 7.02. The zero-order chi connectivity index (χ0) is 27.1. The van der Waals surface area contributed by atoms with Gasteiger partial charge in [0.2, 0.25) is 0 Å². The second kappa shape index (κ2) is 10.3. The summed E-state index contributed by atoms with van der Waals surface area (Å²) >= 11 is 1.84. The molecule has 8 nitrogen and oxygen atoms in total. The molecule has 4 heterocycles. The molecule has 0 radical (unpaired) electrons. The highest BCUT2D eigenvalue weighted by Crippen LogP contribution is 2.44. The van der Waals surface area contributed by atoms with E-state index in [1.54, 1.807) is 27.4 Å². The van der Waals surface area contributed by atoms with Gasteiger partial charge in [0.25, 0.3) is 0 Å². The number of nitrogens with zero attached hydrogens (tertiary/aromatic N) is 3. The smallest absolute Gasteiger partial charge is 0.323 e. The maximum absolute atomic E-state index is 14.2. The number of hydrogen-bond acceptors (Lipinski definition) is 6. The van der Waals surface area contributed by atoms with E-state index >= 15 is 0 Å². The van der Waals surface area contributed by atoms with Gasteiger partial charge in [-0.1, -0.05) is 12.1 Å². The van der Waals surface area contributed by atoms with Gasteiger partial charge in [0.15, 0.2) is 0 Å². The molecule has 2 aromatic carbocycles. The number of nitrogens with one attached hydrogen (secondary N) is 1. The fraction of sp³-hybridized carbons (Fsp3) is 0.300. The Hall–Kier alpha value is -3.95. The summed E-state index contributed by atoms with van der Waals surface area (Å²) in [6.07, 6.45) is 3.09. The molecule has 2 aliphatic heterocycles. The van der Waals surface area contributed by atoms with Crippen LogP contribution in [0.5, 0.6) is 17.2 Å². The van der Waals surface area contributed by atoms with Crippen molar-refractivity contribution in [1.29, 1.82) is 0 Å². The first kappa shape index (κ1) is 25.3. The Morgan fingerprint density at radius 3 is 2.46 bits per heavy atom. The molecular weight excluding hydrogens is 512 g/mol. The number of anilines is 1. The Morgan fingerprint density at radius 2 is 1.72 bits per heavy atom. The van der Waals surface area contributed by atoms with Gasteiger partial charge in [0.05, 0.1) is 45.3 Å². The Labute approximate surface area is 232 Å². The zero-order valence-corrected chi connectivity index (χ0v) is 23.4. The van der Waals surface area contributed by atoms with E-state index in [0.717, 1.165) is 36.5 Å². The van der Waals surface area contributed by atoms with Gasteiger partial charge in [-0.05, 0) is 61.0 Å². The Balaban J connectivity index is 1.47. The summed E-state index contributed by atoms with van der Waals surface area (Å²) in [4.78, 5) is 19.9. The van der Waals surface area contributed by atoms with E-state index in [9.17, 15) is 4.79 Å². The molecule has 2 aliphatic rings. The standard InChI is InChI=1S/C30H32N4O4S/c1-32-15-13-22-23-17-34(30(35)31-24-12-11-21(37-3)16-26(24)38-4)28(19-7-9-20(36-2)10-8-19)25-6-5-14-33(25)29(23)39-27(22)18-32/h5-12,14,16,28H,13,15,17-18H2,1-4H3,(H,31,35). The first-order valence-corrected chi connectivity index (χ1v) is 13.8. The molecule has 1 unspecified atom stereocenters. The summed E-state index contributed by atoms with van der Waals surface area (Å²) in [6, 6.07) is 17.0. The highest BCUT2D eigenvalue weighted by molar-refractivity contribution is 7.15. The number of fused-ring (bicyclic) bond motifs is 5. The predicted octanol–water partition coefficient (Wildman–Crippen LogP) is 5.69. The van der Waals surface area contributed by atoms with Crippen molar-refractivity contribution in [1.82, 2.24) is 14.4 Å². The summed E-state index contributed by atoms with van der Waals surface area (Å²) < 4.78 is 18.6. The van der Waals surface area contributed by atoms with Crippen LogP contribution in [-0.2, 0) is 19.5 Å². The molecule has 0 aliphatic carbocycles. The lowest BCUT2D eigenvalue weighted by molar-refractivity contribution is 0.194. The topological polar surface area (TPSA) is 68.2 Å². The first-order chi connectivity index (χ1) is 19.0. The molecule has 0 bridgehead atoms. The number of thiophene rings is 1. The molecule has 0 saturated heterocycles. The van der Waals surface area contributed by atoms with Crippen LogP contribution >= 0.6 is 11.3 Å². The molecule has 0 spiro atoms. The molecule has 202 valence electrons. The van der Waals surface area contributed by atoms with Gasteiger partial charge in [0, 0.05) is 35.8 Å². The molecule has 1 atom stereocenters. The zero-order valence-electron chi connectivity index (χ0n) is 22.6. The average molecular weight is 545 g/mol. The van der Waals surface area contributed by atoms with Crippen molar-refractivity contribution >= 4 is 23.1 Å². The summed E-state index contributed by atoms with van der Waals surface area (Å²) in [5, 5.41) is 4.33. The Morgan fingerprint density at radius 1 is 0.949 bits per heavy atom. The lowest BCUT2D eigenvalue weighted by atomic mass is 10.00. The molecule has 39 heavy (non-hydrogen) atoms. The van der Waals surface area contributed by atoms with Crippen molar-refractivity contribution < 1.29 is 19.0 Å². The third kappa shape index (κ3) is 4.51. The SMILES string of the molecule is COc1ccc(C2c3cccn3-c3sc4c(c3CN2C(=O)Nc2ccc(OC)cc2OC)CCN(C)C4)cc1. The molecular formula is C30H32N4O4S. The predicted molar refractivity (Wildman–Crippen MR) is 153 cm³/mol. The second-order valence-corrected chi connectivity index (χ2v) is 11.0. The Bertz CT molecular complexity index is 1510. The fourth-order valence-electron chi connectivity index (χ4n) is 5.58. The van der Waals surface area contributed by atoms with Crippen molar-refractivity contribution in [3.63, 3.8) is 0 Å². The van der Waals surface area contributed by atoms with Gasteiger partial charge in [-0.2, -0.15) is 0 Å². The van der Waals surface area contributed by atoms with E-state index in [0.29, 0.717) is 23.7 Å². The van der Waals surface area contributed by atoms with E-state index in [1.807, 2.05) is 52.6 Å². The average Bonchev–Trinajstić information content (AvgIpc) is 3.54. The molecule has 2 amide bonds. The van der Waals surface area contributed by atoms with Crippen LogP contribution in [0.4, 0.5) is 10.5 Å². The van der Waals surface area contributed by atoms with Crippen LogP contribution < -0.4 is 19.5 Å². The summed E-state index contributed by atoms with van der Waals surface area (Å²) in [6.45, 7) is 2.43. The third-order valence-electron chi connectivity index (χ3n) is 7.60. The van der Waals surface area contributed by atoms with Gasteiger partial charge in [0.1, 0.15) is 22.2 Å². The largest absolute Gasteiger partial charge is 0.497 e. The van der Waals surface area contributed by atoms with Gasteiger partial charge < -0.3 is 33.9 Å². The Kier molecular flexibility index (Phi) is 6.70. The number of aromatic nitrogens is 1. The van der Waals surface area contributed by atoms with Crippen LogP contribution in [0.1, 0.15) is 33.3 Å². The minimum absolute atomic E-state index is 0.201. The van der Waals surface area contributed by atoms with Crippen LogP contribution in [0.2, 0.25) is 0 Å². The number of carbonyl (C=O) groups excluding carboxylic acids is 1. The number of hydrogen-bond donors (Lipinski definition) is 1. The van der Waals surface area contributed by atoms with Crippen LogP contribution in [0.25, 0.3) is 5.00 Å². The molecule has 1 N–H and O–H groups in total. The van der Waals surface area contributed by atoms with Crippen molar-refractivity contribution in [3.05, 3.63) is 88.1 Å². The molecule has 6 rings (SSSR count). The van der Waals surface area contributed by atoms with Crippen molar-refractivity contribution in [2.75, 3.05) is 40.2 Å². The number of ether oxygens (including phenoxy) is 3. The van der Waals surface area contributed by atoms with Crippen LogP contribution in [0.15, 0.2) is 60.8 Å². The monoisotopic (exact) mass is 544 g/mol. The number of urea groups is 1. The number of benzene rings is 2. The van der Waals surface area contributed by atoms with Crippen molar-refractivity contribution in [3.8, 4) is 22.2 Å². The number of rotatable bonds is 5. The lowest BCUT2D eigenvalue weighted by Crippen LogP contribution is -2.38. The van der Waals surface area contributed by atoms with Crippen LogP contribution in [-0.4, -0.2) is 55.3 Å². The van der Waals surface area contributed by atoms with Gasteiger partial charge in [-0.15, -0.1) is 11.3 Å². The second-order valence-electron chi connectivity index (χ2n) is 9.88. The quantitative estimate of drug-likeness (QED) is 0.350. The number of methoxy groups -OCH3 is 3. The van der Waals surface area contributed by atoms with E-state index in [-0.39, 0.29) is 12.1 Å². The third-order valence-corrected chi connectivity index (χ3v) is 8.86. The molecule has 9 heteroatoms. The molecule has 4 aromatic rings. The number of likely N-dealkylation sites (N-methyl/N-ethyl adjacent to an activating group) is 1. The van der Waals surface area contributed by atoms with E-state index < -0.39 is 0 Å². The number of amides is 2. The van der Waals surface area contributed by atoms with Gasteiger partial charge in [-0.25, -0.2) is 4.79 Å². The van der Waals surface area contributed by atoms with E-state index in [1.165, 1.54) is 21.0 Å². The first-order valence-electron chi connectivity index (χ1n) is 12.9. The van der Waals surface area contributed by atoms with Crippen LogP contribution in [0.3, 0.4) is 0 Å². The highest BCUT2D eigenvalue weighted by atomic mass is 32.1. The highest BCUT2D eigenvalue weighted by Gasteiger charge is 2.36. The van der Waals surface area contributed by atoms with E-state index in [4.69, 9.17) is 14.2 Å². The normalized spacial score (nSPS) is 16.5. The maximum atomic E-state index is 14.2.